The lowest BCUT2D eigenvalue weighted by Gasteiger charge is -2.08. The number of anilines is 2. The molecule has 2 aromatic carbocycles. The molecule has 0 unspecified atom stereocenters. The summed E-state index contributed by atoms with van der Waals surface area (Å²) in [5.74, 6) is -2.86. The fourth-order valence-corrected chi connectivity index (χ4v) is 2.44. The summed E-state index contributed by atoms with van der Waals surface area (Å²) in [6.45, 7) is 1.45. The van der Waals surface area contributed by atoms with Crippen LogP contribution in [0.2, 0.25) is 5.02 Å². The molecule has 2 rings (SSSR count). The molecule has 0 bridgehead atoms. The van der Waals surface area contributed by atoms with Crippen LogP contribution in [0.5, 0.6) is 0 Å². The summed E-state index contributed by atoms with van der Waals surface area (Å²) >= 11 is 5.78. The number of benzene rings is 2. The number of carboxylic acid groups (broad SMARTS) is 1. The van der Waals surface area contributed by atoms with Gasteiger partial charge in [-0.3, -0.25) is 9.59 Å². The number of ether oxygens (including phenoxy) is 1. The monoisotopic (exact) mass is 416 g/mol. The molecule has 9 heteroatoms. The summed E-state index contributed by atoms with van der Waals surface area (Å²) in [5.41, 5.74) is 0.949. The van der Waals surface area contributed by atoms with E-state index in [1.165, 1.54) is 56.5 Å². The van der Waals surface area contributed by atoms with Gasteiger partial charge >= 0.3 is 11.9 Å². The fourth-order valence-electron chi connectivity index (χ4n) is 2.24. The maximum atomic E-state index is 12.2. The van der Waals surface area contributed by atoms with Gasteiger partial charge in [-0.15, -0.1) is 0 Å². The van der Waals surface area contributed by atoms with Crippen LogP contribution in [-0.4, -0.2) is 36.0 Å². The molecule has 2 aromatic rings. The standard InChI is InChI=1S/C20H17ClN2O6/c1-11(18(25)23-13-5-3-12(4-6-13)20(28)29-2)9-17(24)22-14-7-8-16(21)15(10-14)19(26)27/h3-10H,1-2H3,(H,22,24)(H,23,25)(H,26,27)/b11-9+. The van der Waals surface area contributed by atoms with Crippen LogP contribution in [0.25, 0.3) is 0 Å². The van der Waals surface area contributed by atoms with E-state index < -0.39 is 23.8 Å². The predicted molar refractivity (Wildman–Crippen MR) is 107 cm³/mol. The molecular weight excluding hydrogens is 400 g/mol. The van der Waals surface area contributed by atoms with Gasteiger partial charge in [0.25, 0.3) is 5.91 Å². The molecule has 0 saturated heterocycles. The second-order valence-electron chi connectivity index (χ2n) is 5.84. The van der Waals surface area contributed by atoms with Crippen molar-refractivity contribution < 1.29 is 29.0 Å². The van der Waals surface area contributed by atoms with Crippen molar-refractivity contribution in [1.29, 1.82) is 0 Å². The molecule has 2 amide bonds. The molecule has 0 atom stereocenters. The molecule has 8 nitrogen and oxygen atoms in total. The van der Waals surface area contributed by atoms with Crippen molar-refractivity contribution in [3.05, 3.63) is 70.3 Å². The van der Waals surface area contributed by atoms with Crippen LogP contribution in [0.3, 0.4) is 0 Å². The minimum atomic E-state index is -1.23. The summed E-state index contributed by atoms with van der Waals surface area (Å²) in [5, 5.41) is 14.2. The smallest absolute Gasteiger partial charge is 0.337 e. The van der Waals surface area contributed by atoms with Gasteiger partial charge in [-0.1, -0.05) is 11.6 Å². The zero-order chi connectivity index (χ0) is 21.6. The predicted octanol–water partition coefficient (Wildman–Crippen LogP) is 3.35. The van der Waals surface area contributed by atoms with E-state index in [1.54, 1.807) is 0 Å². The second-order valence-corrected chi connectivity index (χ2v) is 6.25. The van der Waals surface area contributed by atoms with E-state index in [-0.39, 0.29) is 21.8 Å². The Morgan fingerprint density at radius 2 is 1.62 bits per heavy atom. The number of amides is 2. The SMILES string of the molecule is COC(=O)c1ccc(NC(=O)/C(C)=C/C(=O)Nc2ccc(Cl)c(C(=O)O)c2)cc1. The quantitative estimate of drug-likeness (QED) is 0.490. The second kappa shape index (κ2) is 9.52. The third kappa shape index (κ3) is 5.91. The number of hydrogen-bond acceptors (Lipinski definition) is 5. The Balaban J connectivity index is 2.03. The Hall–Kier alpha value is -3.65. The molecule has 0 spiro atoms. The highest BCUT2D eigenvalue weighted by Gasteiger charge is 2.12. The van der Waals surface area contributed by atoms with Crippen molar-refractivity contribution in [2.45, 2.75) is 6.92 Å². The van der Waals surface area contributed by atoms with Crippen molar-refractivity contribution in [3.8, 4) is 0 Å². The van der Waals surface area contributed by atoms with Crippen molar-refractivity contribution in [1.82, 2.24) is 0 Å². The molecule has 0 aliphatic carbocycles. The number of carbonyl (C=O) groups excluding carboxylic acids is 3. The lowest BCUT2D eigenvalue weighted by Crippen LogP contribution is -2.16. The maximum Gasteiger partial charge on any atom is 0.337 e. The fraction of sp³-hybridized carbons (Fsp3) is 0.100. The highest BCUT2D eigenvalue weighted by Crippen LogP contribution is 2.20. The summed E-state index contributed by atoms with van der Waals surface area (Å²) in [4.78, 5) is 46.8. The average Bonchev–Trinajstić information content (AvgIpc) is 2.69. The number of nitrogens with one attached hydrogen (secondary N) is 2. The molecule has 0 aliphatic rings. The minimum Gasteiger partial charge on any atom is -0.478 e. The van der Waals surface area contributed by atoms with Gasteiger partial charge in [0.2, 0.25) is 5.91 Å². The topological polar surface area (TPSA) is 122 Å². The summed E-state index contributed by atoms with van der Waals surface area (Å²) < 4.78 is 4.60. The molecule has 3 N–H and O–H groups in total. The van der Waals surface area contributed by atoms with Crippen LogP contribution in [0.15, 0.2) is 54.1 Å². The molecule has 0 fully saturated rings. The summed E-state index contributed by atoms with van der Waals surface area (Å²) in [6.07, 6.45) is 1.08. The molecule has 150 valence electrons. The summed E-state index contributed by atoms with van der Waals surface area (Å²) in [6, 6.07) is 10.0. The first kappa shape index (κ1) is 21.6. The van der Waals surface area contributed by atoms with E-state index in [1.807, 2.05) is 0 Å². The zero-order valence-corrected chi connectivity index (χ0v) is 16.2. The normalized spacial score (nSPS) is 10.8. The van der Waals surface area contributed by atoms with Crippen molar-refractivity contribution in [2.75, 3.05) is 17.7 Å². The van der Waals surface area contributed by atoms with Gasteiger partial charge in [-0.05, 0) is 49.4 Å². The van der Waals surface area contributed by atoms with Crippen molar-refractivity contribution in [3.63, 3.8) is 0 Å². The number of carbonyl (C=O) groups is 4. The first-order valence-corrected chi connectivity index (χ1v) is 8.61. The Morgan fingerprint density at radius 3 is 2.21 bits per heavy atom. The number of rotatable bonds is 6. The van der Waals surface area contributed by atoms with Crippen molar-refractivity contribution in [2.24, 2.45) is 0 Å². The lowest BCUT2D eigenvalue weighted by atomic mass is 10.2. The molecule has 0 radical (unpaired) electrons. The average molecular weight is 417 g/mol. The lowest BCUT2D eigenvalue weighted by molar-refractivity contribution is -0.114. The first-order chi connectivity index (χ1) is 13.7. The third-order valence-corrected chi connectivity index (χ3v) is 4.06. The van der Waals surface area contributed by atoms with E-state index >= 15 is 0 Å². The van der Waals surface area contributed by atoms with Crippen LogP contribution >= 0.6 is 11.6 Å². The van der Waals surface area contributed by atoms with Crippen LogP contribution in [-0.2, 0) is 14.3 Å². The number of aromatic carboxylic acids is 1. The highest BCUT2D eigenvalue weighted by atomic mass is 35.5. The van der Waals surface area contributed by atoms with E-state index in [9.17, 15) is 19.2 Å². The maximum absolute atomic E-state index is 12.2. The van der Waals surface area contributed by atoms with Crippen LogP contribution in [0.4, 0.5) is 11.4 Å². The van der Waals surface area contributed by atoms with E-state index in [4.69, 9.17) is 16.7 Å². The molecule has 0 aliphatic heterocycles. The molecule has 0 aromatic heterocycles. The van der Waals surface area contributed by atoms with E-state index in [2.05, 4.69) is 15.4 Å². The van der Waals surface area contributed by atoms with Gasteiger partial charge in [-0.2, -0.15) is 0 Å². The molecule has 0 saturated carbocycles. The highest BCUT2D eigenvalue weighted by molar-refractivity contribution is 6.33. The van der Waals surface area contributed by atoms with Crippen LogP contribution in [0.1, 0.15) is 27.6 Å². The molecule has 0 heterocycles. The van der Waals surface area contributed by atoms with Crippen LogP contribution in [0, 0.1) is 0 Å². The number of halogens is 1. The number of esters is 1. The van der Waals surface area contributed by atoms with Gasteiger partial charge in [0.05, 0.1) is 23.3 Å². The van der Waals surface area contributed by atoms with Gasteiger partial charge < -0.3 is 20.5 Å². The zero-order valence-electron chi connectivity index (χ0n) is 15.5. The first-order valence-electron chi connectivity index (χ1n) is 8.23. The van der Waals surface area contributed by atoms with Gasteiger partial charge in [-0.25, -0.2) is 9.59 Å². The van der Waals surface area contributed by atoms with E-state index in [0.717, 1.165) is 6.08 Å². The third-order valence-electron chi connectivity index (χ3n) is 3.73. The number of hydrogen-bond donors (Lipinski definition) is 3. The largest absolute Gasteiger partial charge is 0.478 e. The summed E-state index contributed by atoms with van der Waals surface area (Å²) in [7, 11) is 1.27. The minimum absolute atomic E-state index is 0.0415. The Morgan fingerprint density at radius 1 is 1.00 bits per heavy atom. The van der Waals surface area contributed by atoms with Gasteiger partial charge in [0.15, 0.2) is 0 Å². The Bertz CT molecular complexity index is 999. The Kier molecular flexibility index (Phi) is 7.10. The van der Waals surface area contributed by atoms with Crippen molar-refractivity contribution >= 4 is 46.7 Å². The number of carboxylic acids is 1. The van der Waals surface area contributed by atoms with Crippen LogP contribution < -0.4 is 10.6 Å². The van der Waals surface area contributed by atoms with Gasteiger partial charge in [0.1, 0.15) is 0 Å². The molecular formula is C20H17ClN2O6. The number of methoxy groups -OCH3 is 1. The molecule has 29 heavy (non-hydrogen) atoms. The van der Waals surface area contributed by atoms with E-state index in [0.29, 0.717) is 11.3 Å². The Labute approximate surface area is 171 Å². The van der Waals surface area contributed by atoms with Gasteiger partial charge in [0, 0.05) is 23.0 Å².